The highest BCUT2D eigenvalue weighted by molar-refractivity contribution is 5.97. The van der Waals surface area contributed by atoms with Gasteiger partial charge in [-0.15, -0.1) is 12.4 Å². The van der Waals surface area contributed by atoms with E-state index in [1.54, 1.807) is 36.1 Å². The largest absolute Gasteiger partial charge is 0.480 e. The van der Waals surface area contributed by atoms with Crippen LogP contribution in [0.2, 0.25) is 0 Å². The molecule has 1 rings (SSSR count). The van der Waals surface area contributed by atoms with Gasteiger partial charge in [0.05, 0.1) is 12.6 Å². The summed E-state index contributed by atoms with van der Waals surface area (Å²) in [6.45, 7) is 5.44. The first kappa shape index (κ1) is 21.1. The number of carboxylic acids is 1. The van der Waals surface area contributed by atoms with Crippen molar-refractivity contribution in [3.05, 3.63) is 29.8 Å². The third-order valence-corrected chi connectivity index (χ3v) is 3.34. The Morgan fingerprint density at radius 2 is 1.78 bits per heavy atom. The van der Waals surface area contributed by atoms with E-state index in [9.17, 15) is 14.4 Å². The van der Waals surface area contributed by atoms with Gasteiger partial charge < -0.3 is 10.4 Å². The molecule has 0 saturated heterocycles. The van der Waals surface area contributed by atoms with Crippen molar-refractivity contribution in [2.45, 2.75) is 33.2 Å². The number of hydrogen-bond acceptors (Lipinski definition) is 4. The van der Waals surface area contributed by atoms with E-state index in [-0.39, 0.29) is 30.6 Å². The number of carbonyl (C=O) groups is 3. The molecule has 1 unspecified atom stereocenters. The molecule has 128 valence electrons. The van der Waals surface area contributed by atoms with E-state index in [1.165, 1.54) is 6.92 Å². The quantitative estimate of drug-likeness (QED) is 0.708. The fourth-order valence-corrected chi connectivity index (χ4v) is 2.07. The number of nitrogens with zero attached hydrogens (tertiary/aromatic N) is 1. The van der Waals surface area contributed by atoms with Crippen LogP contribution in [0, 0.1) is 0 Å². The number of rotatable bonds is 8. The minimum absolute atomic E-state index is 0. The summed E-state index contributed by atoms with van der Waals surface area (Å²) in [5.74, 6) is -1.27. The SMILES string of the molecule is CCCN(CC(=O)O)C(C)C(=O)Nc1ccc(C(C)=O)cc1.Cl. The summed E-state index contributed by atoms with van der Waals surface area (Å²) < 4.78 is 0. The van der Waals surface area contributed by atoms with Gasteiger partial charge >= 0.3 is 5.97 Å². The molecule has 0 bridgehead atoms. The Hall–Kier alpha value is -1.92. The van der Waals surface area contributed by atoms with E-state index < -0.39 is 12.0 Å². The summed E-state index contributed by atoms with van der Waals surface area (Å²) in [6.07, 6.45) is 0.762. The molecule has 0 aliphatic heterocycles. The number of nitrogens with one attached hydrogen (secondary N) is 1. The molecular weight excluding hydrogens is 320 g/mol. The van der Waals surface area contributed by atoms with Gasteiger partial charge in [-0.3, -0.25) is 19.3 Å². The fourth-order valence-electron chi connectivity index (χ4n) is 2.07. The Morgan fingerprint density at radius 1 is 1.22 bits per heavy atom. The van der Waals surface area contributed by atoms with E-state index in [0.29, 0.717) is 17.8 Å². The molecule has 1 amide bonds. The van der Waals surface area contributed by atoms with Crippen molar-refractivity contribution in [3.63, 3.8) is 0 Å². The highest BCUT2D eigenvalue weighted by Crippen LogP contribution is 2.12. The first-order valence-corrected chi connectivity index (χ1v) is 7.22. The number of carboxylic acid groups (broad SMARTS) is 1. The van der Waals surface area contributed by atoms with Crippen LogP contribution in [0.5, 0.6) is 0 Å². The van der Waals surface area contributed by atoms with Gasteiger partial charge in [-0.05, 0) is 51.1 Å². The molecule has 1 aromatic carbocycles. The average Bonchev–Trinajstić information content (AvgIpc) is 2.46. The third kappa shape index (κ3) is 6.80. The van der Waals surface area contributed by atoms with Crippen molar-refractivity contribution in [1.82, 2.24) is 4.90 Å². The number of aliphatic carboxylic acids is 1. The van der Waals surface area contributed by atoms with Gasteiger partial charge in [0.25, 0.3) is 0 Å². The van der Waals surface area contributed by atoms with E-state index in [1.807, 2.05) is 6.92 Å². The number of carbonyl (C=O) groups excluding carboxylic acids is 2. The Labute approximate surface area is 142 Å². The summed E-state index contributed by atoms with van der Waals surface area (Å²) in [4.78, 5) is 35.9. The first-order chi connectivity index (χ1) is 10.3. The van der Waals surface area contributed by atoms with Crippen molar-refractivity contribution in [1.29, 1.82) is 0 Å². The molecule has 23 heavy (non-hydrogen) atoms. The lowest BCUT2D eigenvalue weighted by atomic mass is 10.1. The molecule has 0 aliphatic carbocycles. The highest BCUT2D eigenvalue weighted by atomic mass is 35.5. The minimum atomic E-state index is -0.959. The zero-order chi connectivity index (χ0) is 16.7. The molecule has 0 fully saturated rings. The van der Waals surface area contributed by atoms with Gasteiger partial charge in [-0.25, -0.2) is 0 Å². The van der Waals surface area contributed by atoms with Gasteiger partial charge in [0.15, 0.2) is 5.78 Å². The predicted molar refractivity (Wildman–Crippen MR) is 91.3 cm³/mol. The van der Waals surface area contributed by atoms with Crippen molar-refractivity contribution < 1.29 is 19.5 Å². The zero-order valence-corrected chi connectivity index (χ0v) is 14.4. The Kier molecular flexibility index (Phi) is 9.14. The van der Waals surface area contributed by atoms with Crippen molar-refractivity contribution in [2.75, 3.05) is 18.4 Å². The summed E-state index contributed by atoms with van der Waals surface area (Å²) in [5, 5.41) is 11.6. The van der Waals surface area contributed by atoms with Crippen molar-refractivity contribution in [2.24, 2.45) is 0 Å². The first-order valence-electron chi connectivity index (χ1n) is 7.22. The monoisotopic (exact) mass is 342 g/mol. The number of benzene rings is 1. The van der Waals surface area contributed by atoms with Crippen LogP contribution < -0.4 is 5.32 Å². The second-order valence-corrected chi connectivity index (χ2v) is 5.16. The molecule has 0 spiro atoms. The number of ketones is 1. The van der Waals surface area contributed by atoms with Crippen LogP contribution in [0.4, 0.5) is 5.69 Å². The third-order valence-electron chi connectivity index (χ3n) is 3.34. The van der Waals surface area contributed by atoms with Crippen LogP contribution in [0.15, 0.2) is 24.3 Å². The number of amides is 1. The lowest BCUT2D eigenvalue weighted by molar-refractivity contribution is -0.139. The van der Waals surface area contributed by atoms with Crippen LogP contribution in [-0.2, 0) is 9.59 Å². The second-order valence-electron chi connectivity index (χ2n) is 5.16. The second kappa shape index (κ2) is 9.97. The smallest absolute Gasteiger partial charge is 0.317 e. The molecule has 7 heteroatoms. The number of halogens is 1. The standard InChI is InChI=1S/C16H22N2O4.ClH/c1-4-9-18(10-15(20)21)11(2)16(22)17-14-7-5-13(6-8-14)12(3)19;/h5-8,11H,4,9-10H2,1-3H3,(H,17,22)(H,20,21);1H. The molecule has 2 N–H and O–H groups in total. The molecule has 0 aliphatic rings. The lowest BCUT2D eigenvalue weighted by Crippen LogP contribution is -2.44. The topological polar surface area (TPSA) is 86.7 Å². The summed E-state index contributed by atoms with van der Waals surface area (Å²) in [6, 6.07) is 6.04. The van der Waals surface area contributed by atoms with Gasteiger partial charge in [-0.1, -0.05) is 6.92 Å². The maximum absolute atomic E-state index is 12.2. The van der Waals surface area contributed by atoms with E-state index in [2.05, 4.69) is 5.32 Å². The number of hydrogen-bond donors (Lipinski definition) is 2. The highest BCUT2D eigenvalue weighted by Gasteiger charge is 2.22. The minimum Gasteiger partial charge on any atom is -0.480 e. The maximum Gasteiger partial charge on any atom is 0.317 e. The van der Waals surface area contributed by atoms with Crippen LogP contribution in [0.25, 0.3) is 0 Å². The average molecular weight is 343 g/mol. The fraction of sp³-hybridized carbons (Fsp3) is 0.438. The van der Waals surface area contributed by atoms with E-state index in [0.717, 1.165) is 6.42 Å². The van der Waals surface area contributed by atoms with Crippen LogP contribution in [-0.4, -0.2) is 46.8 Å². The Bertz CT molecular complexity index is 546. The molecule has 0 aromatic heterocycles. The molecule has 0 heterocycles. The Morgan fingerprint density at radius 3 is 2.22 bits per heavy atom. The lowest BCUT2D eigenvalue weighted by Gasteiger charge is -2.26. The summed E-state index contributed by atoms with van der Waals surface area (Å²) in [5.41, 5.74) is 1.15. The predicted octanol–water partition coefficient (Wildman–Crippen LogP) is 2.43. The molecule has 0 radical (unpaired) electrons. The van der Waals surface area contributed by atoms with Crippen LogP contribution >= 0.6 is 12.4 Å². The van der Waals surface area contributed by atoms with Gasteiger partial charge in [-0.2, -0.15) is 0 Å². The Balaban J connectivity index is 0.00000484. The molecule has 0 saturated carbocycles. The van der Waals surface area contributed by atoms with Crippen LogP contribution in [0.1, 0.15) is 37.6 Å². The number of anilines is 1. The molecule has 1 atom stereocenters. The normalized spacial score (nSPS) is 11.5. The number of Topliss-reactive ketones (excluding diaryl/α,β-unsaturated/α-hetero) is 1. The molecule has 6 nitrogen and oxygen atoms in total. The van der Waals surface area contributed by atoms with Gasteiger partial charge in [0.1, 0.15) is 0 Å². The van der Waals surface area contributed by atoms with E-state index in [4.69, 9.17) is 5.11 Å². The van der Waals surface area contributed by atoms with Crippen molar-refractivity contribution in [3.8, 4) is 0 Å². The molecular formula is C16H23ClN2O4. The van der Waals surface area contributed by atoms with Gasteiger partial charge in [0.2, 0.25) is 5.91 Å². The van der Waals surface area contributed by atoms with Crippen molar-refractivity contribution >= 4 is 35.8 Å². The zero-order valence-electron chi connectivity index (χ0n) is 13.5. The van der Waals surface area contributed by atoms with Gasteiger partial charge in [0, 0.05) is 11.3 Å². The summed E-state index contributed by atoms with van der Waals surface area (Å²) in [7, 11) is 0. The molecule has 1 aromatic rings. The summed E-state index contributed by atoms with van der Waals surface area (Å²) >= 11 is 0. The maximum atomic E-state index is 12.2. The van der Waals surface area contributed by atoms with Crippen LogP contribution in [0.3, 0.4) is 0 Å². The van der Waals surface area contributed by atoms with E-state index >= 15 is 0 Å².